The highest BCUT2D eigenvalue weighted by Gasteiger charge is 2.12. The van der Waals surface area contributed by atoms with Crippen LogP contribution in [0.15, 0.2) is 28.7 Å². The first-order valence-corrected chi connectivity index (χ1v) is 7.44. The van der Waals surface area contributed by atoms with Crippen LogP contribution in [0.5, 0.6) is 0 Å². The number of carbonyl (C=O) groups is 1. The molecule has 0 atom stereocenters. The van der Waals surface area contributed by atoms with Crippen molar-refractivity contribution in [3.8, 4) is 0 Å². The van der Waals surface area contributed by atoms with Gasteiger partial charge in [-0.3, -0.25) is 0 Å². The average Bonchev–Trinajstić information content (AvgIpc) is 2.20. The van der Waals surface area contributed by atoms with Crippen molar-refractivity contribution in [2.75, 3.05) is 11.1 Å². The van der Waals surface area contributed by atoms with E-state index in [0.717, 1.165) is 4.47 Å². The molecule has 1 rings (SSSR count). The van der Waals surface area contributed by atoms with Crippen molar-refractivity contribution in [1.82, 2.24) is 4.72 Å². The lowest BCUT2D eigenvalue weighted by molar-refractivity contribution is 0.256. The maximum absolute atomic E-state index is 11.4. The predicted octanol–water partition coefficient (Wildman–Crippen LogP) is 2.31. The third-order valence-electron chi connectivity index (χ3n) is 1.82. The summed E-state index contributed by atoms with van der Waals surface area (Å²) in [5, 5.41) is 2.43. The van der Waals surface area contributed by atoms with Gasteiger partial charge in [0.2, 0.25) is 10.0 Å². The molecule has 7 heteroatoms. The number of benzene rings is 1. The minimum atomic E-state index is -3.53. The number of nitrogens with one attached hydrogen (secondary N) is 2. The van der Waals surface area contributed by atoms with Gasteiger partial charge in [0.1, 0.15) is 0 Å². The lowest BCUT2D eigenvalue weighted by atomic mass is 10.3. The van der Waals surface area contributed by atoms with Crippen molar-refractivity contribution in [3.63, 3.8) is 0 Å². The van der Waals surface area contributed by atoms with Crippen LogP contribution < -0.4 is 10.0 Å². The largest absolute Gasteiger partial charge is 0.332 e. The van der Waals surface area contributed by atoms with Gasteiger partial charge in [-0.1, -0.05) is 22.9 Å². The third-order valence-corrected chi connectivity index (χ3v) is 3.79. The Kier molecular flexibility index (Phi) is 4.95. The van der Waals surface area contributed by atoms with Gasteiger partial charge in [0.25, 0.3) is 0 Å². The lowest BCUT2D eigenvalue weighted by Gasteiger charge is -2.07. The standard InChI is InChI=1S/C10H13BrN2O3S/c1-2-7-17(15,16)13-10(14)12-9-5-3-8(11)4-6-9/h3-6H,2,7H2,1H3,(H2,12,13,14). The minimum absolute atomic E-state index is 0.0687. The van der Waals surface area contributed by atoms with Crippen LogP contribution in [-0.2, 0) is 10.0 Å². The zero-order chi connectivity index (χ0) is 12.9. The number of urea groups is 1. The second kappa shape index (κ2) is 6.02. The molecule has 0 bridgehead atoms. The molecule has 94 valence electrons. The van der Waals surface area contributed by atoms with E-state index in [0.29, 0.717) is 12.1 Å². The quantitative estimate of drug-likeness (QED) is 0.893. The van der Waals surface area contributed by atoms with E-state index in [9.17, 15) is 13.2 Å². The number of amides is 2. The van der Waals surface area contributed by atoms with Crippen LogP contribution in [0.25, 0.3) is 0 Å². The molecule has 0 aromatic heterocycles. The highest BCUT2D eigenvalue weighted by atomic mass is 79.9. The molecule has 0 aliphatic heterocycles. The Morgan fingerprint density at radius 2 is 1.88 bits per heavy atom. The average molecular weight is 321 g/mol. The molecule has 1 aromatic rings. The van der Waals surface area contributed by atoms with E-state index >= 15 is 0 Å². The summed E-state index contributed by atoms with van der Waals surface area (Å²) in [4.78, 5) is 11.4. The number of hydrogen-bond donors (Lipinski definition) is 2. The number of halogens is 1. The van der Waals surface area contributed by atoms with Gasteiger partial charge < -0.3 is 5.32 Å². The molecule has 0 spiro atoms. The fraction of sp³-hybridized carbons (Fsp3) is 0.300. The number of rotatable bonds is 4. The van der Waals surface area contributed by atoms with Crippen LogP contribution in [0.2, 0.25) is 0 Å². The summed E-state index contributed by atoms with van der Waals surface area (Å²) < 4.78 is 25.4. The zero-order valence-electron chi connectivity index (χ0n) is 9.23. The molecule has 0 fully saturated rings. The van der Waals surface area contributed by atoms with Gasteiger partial charge in [0.05, 0.1) is 5.75 Å². The maximum atomic E-state index is 11.4. The van der Waals surface area contributed by atoms with Crippen molar-refractivity contribution in [2.24, 2.45) is 0 Å². The van der Waals surface area contributed by atoms with Crippen molar-refractivity contribution in [2.45, 2.75) is 13.3 Å². The van der Waals surface area contributed by atoms with E-state index in [2.05, 4.69) is 21.2 Å². The van der Waals surface area contributed by atoms with E-state index in [1.165, 1.54) is 0 Å². The van der Waals surface area contributed by atoms with Crippen molar-refractivity contribution < 1.29 is 13.2 Å². The monoisotopic (exact) mass is 320 g/mol. The molecule has 5 nitrogen and oxygen atoms in total. The Balaban J connectivity index is 2.59. The van der Waals surface area contributed by atoms with Crippen molar-refractivity contribution in [3.05, 3.63) is 28.7 Å². The van der Waals surface area contributed by atoms with Gasteiger partial charge >= 0.3 is 6.03 Å². The summed E-state index contributed by atoms with van der Waals surface area (Å²) in [7, 11) is -3.53. The van der Waals surface area contributed by atoms with Crippen molar-refractivity contribution in [1.29, 1.82) is 0 Å². The highest BCUT2D eigenvalue weighted by Crippen LogP contribution is 2.13. The fourth-order valence-corrected chi connectivity index (χ4v) is 2.39. The Morgan fingerprint density at radius 3 is 2.41 bits per heavy atom. The molecule has 17 heavy (non-hydrogen) atoms. The Bertz CT molecular complexity index is 485. The summed E-state index contributed by atoms with van der Waals surface area (Å²) in [6.07, 6.45) is 0.459. The van der Waals surface area contributed by atoms with Gasteiger partial charge in [0.15, 0.2) is 0 Å². The minimum Gasteiger partial charge on any atom is -0.307 e. The molecule has 0 radical (unpaired) electrons. The second-order valence-electron chi connectivity index (χ2n) is 3.38. The number of hydrogen-bond acceptors (Lipinski definition) is 3. The Labute approximate surface area is 109 Å². The van der Waals surface area contributed by atoms with Gasteiger partial charge in [0, 0.05) is 10.2 Å². The van der Waals surface area contributed by atoms with Crippen molar-refractivity contribution >= 4 is 37.7 Å². The number of sulfonamides is 1. The summed E-state index contributed by atoms with van der Waals surface area (Å²) >= 11 is 3.26. The number of anilines is 1. The zero-order valence-corrected chi connectivity index (χ0v) is 11.6. The maximum Gasteiger partial charge on any atom is 0.332 e. The summed E-state index contributed by atoms with van der Waals surface area (Å²) in [6.45, 7) is 1.73. The highest BCUT2D eigenvalue weighted by molar-refractivity contribution is 9.10. The van der Waals surface area contributed by atoms with Gasteiger partial charge in [-0.05, 0) is 30.7 Å². The first-order chi connectivity index (χ1) is 7.93. The molecule has 1 aromatic carbocycles. The molecule has 0 aliphatic rings. The van der Waals surface area contributed by atoms with Crippen LogP contribution in [0.1, 0.15) is 13.3 Å². The van der Waals surface area contributed by atoms with E-state index in [4.69, 9.17) is 0 Å². The predicted molar refractivity (Wildman–Crippen MR) is 70.4 cm³/mol. The van der Waals surface area contributed by atoms with Gasteiger partial charge in [-0.25, -0.2) is 17.9 Å². The normalized spacial score (nSPS) is 10.9. The molecular weight excluding hydrogens is 308 g/mol. The smallest absolute Gasteiger partial charge is 0.307 e. The molecular formula is C10H13BrN2O3S. The molecule has 0 saturated heterocycles. The van der Waals surface area contributed by atoms with Crippen LogP contribution in [0.4, 0.5) is 10.5 Å². The van der Waals surface area contributed by atoms with E-state index in [-0.39, 0.29) is 5.75 Å². The molecule has 0 aliphatic carbocycles. The molecule has 0 unspecified atom stereocenters. The first kappa shape index (κ1) is 14.0. The molecule has 0 heterocycles. The van der Waals surface area contributed by atoms with Crippen LogP contribution >= 0.6 is 15.9 Å². The Morgan fingerprint density at radius 1 is 1.29 bits per heavy atom. The summed E-state index contributed by atoms with van der Waals surface area (Å²) in [5.74, 6) is -0.0687. The molecule has 2 amide bonds. The Hall–Kier alpha value is -1.08. The molecule has 2 N–H and O–H groups in total. The van der Waals surface area contributed by atoms with Gasteiger partial charge in [-0.15, -0.1) is 0 Å². The molecule has 0 saturated carbocycles. The van der Waals surface area contributed by atoms with E-state index in [1.807, 2.05) is 4.72 Å². The van der Waals surface area contributed by atoms with Crippen LogP contribution in [0.3, 0.4) is 0 Å². The van der Waals surface area contributed by atoms with E-state index < -0.39 is 16.1 Å². The first-order valence-electron chi connectivity index (χ1n) is 5.00. The second-order valence-corrected chi connectivity index (χ2v) is 6.14. The van der Waals surface area contributed by atoms with Gasteiger partial charge in [-0.2, -0.15) is 0 Å². The SMILES string of the molecule is CCCS(=O)(=O)NC(=O)Nc1ccc(Br)cc1. The fourth-order valence-electron chi connectivity index (χ4n) is 1.15. The van der Waals surface area contributed by atoms with E-state index in [1.54, 1.807) is 31.2 Å². The van der Waals surface area contributed by atoms with Crippen LogP contribution in [-0.4, -0.2) is 20.2 Å². The summed E-state index contributed by atoms with van der Waals surface area (Å²) in [5.41, 5.74) is 0.525. The number of carbonyl (C=O) groups excluding carboxylic acids is 1. The lowest BCUT2D eigenvalue weighted by Crippen LogP contribution is -2.35. The third kappa shape index (κ3) is 5.18. The van der Waals surface area contributed by atoms with Crippen LogP contribution in [0, 0.1) is 0 Å². The topological polar surface area (TPSA) is 75.3 Å². The summed E-state index contributed by atoms with van der Waals surface area (Å²) in [6, 6.07) is 6.07.